The van der Waals surface area contributed by atoms with Gasteiger partial charge in [0.05, 0.1) is 17.4 Å². The van der Waals surface area contributed by atoms with E-state index >= 15 is 0 Å². The highest BCUT2D eigenvalue weighted by Crippen LogP contribution is 2.19. The van der Waals surface area contributed by atoms with Crippen molar-refractivity contribution < 1.29 is 8.78 Å². The molecule has 4 nitrogen and oxygen atoms in total. The molecular weight excluding hydrogens is 250 g/mol. The van der Waals surface area contributed by atoms with Crippen LogP contribution in [0, 0.1) is 18.6 Å². The lowest BCUT2D eigenvalue weighted by Gasteiger charge is -2.10. The number of nitrogens with one attached hydrogen (secondary N) is 1. The first-order chi connectivity index (χ1) is 9.02. The number of aromatic nitrogens is 3. The molecule has 1 aromatic carbocycles. The average molecular weight is 266 g/mol. The molecule has 1 heterocycles. The van der Waals surface area contributed by atoms with Gasteiger partial charge in [-0.2, -0.15) is 0 Å². The second-order valence-corrected chi connectivity index (χ2v) is 4.38. The van der Waals surface area contributed by atoms with Crippen LogP contribution in [-0.2, 0) is 0 Å². The summed E-state index contributed by atoms with van der Waals surface area (Å²) in [6, 6.07) is 3.33. The van der Waals surface area contributed by atoms with Crippen LogP contribution in [-0.4, -0.2) is 21.5 Å². The number of benzene rings is 1. The summed E-state index contributed by atoms with van der Waals surface area (Å²) in [6.07, 6.45) is 0. The largest absolute Gasteiger partial charge is 0.309 e. The fourth-order valence-electron chi connectivity index (χ4n) is 2.05. The third-order valence-electron chi connectivity index (χ3n) is 2.94. The van der Waals surface area contributed by atoms with Gasteiger partial charge in [0.25, 0.3) is 0 Å². The molecule has 0 saturated heterocycles. The lowest BCUT2D eigenvalue weighted by molar-refractivity contribution is 0.579. The van der Waals surface area contributed by atoms with E-state index in [1.54, 1.807) is 0 Å². The molecule has 1 aromatic heterocycles. The predicted octanol–water partition coefficient (Wildman–Crippen LogP) is 2.52. The zero-order valence-electron chi connectivity index (χ0n) is 11.1. The van der Waals surface area contributed by atoms with Crippen molar-refractivity contribution in [3.8, 4) is 5.69 Å². The maximum absolute atomic E-state index is 13.2. The second kappa shape index (κ2) is 5.44. The Kier molecular flexibility index (Phi) is 3.90. The first-order valence-electron chi connectivity index (χ1n) is 6.15. The molecule has 1 atom stereocenters. The third-order valence-corrected chi connectivity index (χ3v) is 2.94. The van der Waals surface area contributed by atoms with Crippen molar-refractivity contribution in [3.05, 3.63) is 41.2 Å². The Morgan fingerprint density at radius 3 is 2.47 bits per heavy atom. The Bertz CT molecular complexity index is 560. The number of nitrogens with zero attached hydrogens (tertiary/aromatic N) is 3. The summed E-state index contributed by atoms with van der Waals surface area (Å²) >= 11 is 0. The zero-order valence-corrected chi connectivity index (χ0v) is 11.1. The van der Waals surface area contributed by atoms with Crippen molar-refractivity contribution in [1.29, 1.82) is 0 Å². The molecule has 0 aliphatic heterocycles. The lowest BCUT2D eigenvalue weighted by Crippen LogP contribution is -2.19. The Morgan fingerprint density at radius 2 is 1.89 bits per heavy atom. The van der Waals surface area contributed by atoms with Crippen molar-refractivity contribution in [2.24, 2.45) is 0 Å². The highest BCUT2D eigenvalue weighted by atomic mass is 19.1. The van der Waals surface area contributed by atoms with Crippen LogP contribution >= 0.6 is 0 Å². The van der Waals surface area contributed by atoms with Gasteiger partial charge in [-0.3, -0.25) is 0 Å². The van der Waals surface area contributed by atoms with Gasteiger partial charge in [0.2, 0.25) is 0 Å². The topological polar surface area (TPSA) is 42.7 Å². The molecule has 0 aliphatic carbocycles. The molecule has 6 heteroatoms. The van der Waals surface area contributed by atoms with Crippen molar-refractivity contribution in [2.75, 3.05) is 6.54 Å². The third kappa shape index (κ3) is 2.78. The average Bonchev–Trinajstić information content (AvgIpc) is 2.70. The number of rotatable bonds is 4. The Labute approximate surface area is 110 Å². The lowest BCUT2D eigenvalue weighted by atomic mass is 10.2. The molecule has 0 fully saturated rings. The van der Waals surface area contributed by atoms with Crippen LogP contribution in [0.2, 0.25) is 0 Å². The van der Waals surface area contributed by atoms with Crippen LogP contribution < -0.4 is 5.32 Å². The predicted molar refractivity (Wildman–Crippen MR) is 68.1 cm³/mol. The molecule has 2 rings (SSSR count). The highest BCUT2D eigenvalue weighted by molar-refractivity contribution is 5.34. The van der Waals surface area contributed by atoms with Gasteiger partial charge in [-0.05, 0) is 32.5 Å². The van der Waals surface area contributed by atoms with Crippen LogP contribution in [0.4, 0.5) is 8.78 Å². The maximum atomic E-state index is 13.2. The summed E-state index contributed by atoms with van der Waals surface area (Å²) in [6.45, 7) is 6.60. The van der Waals surface area contributed by atoms with Crippen LogP contribution in [0.15, 0.2) is 18.2 Å². The number of hydrogen-bond donors (Lipinski definition) is 1. The summed E-state index contributed by atoms with van der Waals surface area (Å²) in [5.74, 6) is -1.27. The van der Waals surface area contributed by atoms with E-state index in [1.165, 1.54) is 16.8 Å². The smallest absolute Gasteiger partial charge is 0.128 e. The quantitative estimate of drug-likeness (QED) is 0.924. The molecule has 19 heavy (non-hydrogen) atoms. The standard InChI is InChI=1S/C13H16F2N4/c1-4-16-8(2)13-9(3)19(18-17-13)12-6-10(14)5-11(15)7-12/h5-8,16H,4H2,1-3H3. The van der Waals surface area contributed by atoms with Gasteiger partial charge in [0, 0.05) is 6.07 Å². The Morgan fingerprint density at radius 1 is 1.26 bits per heavy atom. The van der Waals surface area contributed by atoms with Gasteiger partial charge in [-0.15, -0.1) is 5.10 Å². The van der Waals surface area contributed by atoms with Crippen molar-refractivity contribution in [1.82, 2.24) is 20.3 Å². The minimum Gasteiger partial charge on any atom is -0.309 e. The van der Waals surface area contributed by atoms with Gasteiger partial charge in [0.1, 0.15) is 17.3 Å². The molecule has 0 saturated carbocycles. The van der Waals surface area contributed by atoms with Crippen molar-refractivity contribution in [3.63, 3.8) is 0 Å². The molecule has 2 aromatic rings. The van der Waals surface area contributed by atoms with E-state index in [9.17, 15) is 8.78 Å². The molecule has 0 amide bonds. The van der Waals surface area contributed by atoms with E-state index < -0.39 is 11.6 Å². The first kappa shape index (κ1) is 13.6. The molecule has 1 N–H and O–H groups in total. The summed E-state index contributed by atoms with van der Waals surface area (Å²) in [5.41, 5.74) is 1.86. The van der Waals surface area contributed by atoms with Crippen LogP contribution in [0.3, 0.4) is 0 Å². The minimum atomic E-state index is -0.633. The Balaban J connectivity index is 2.41. The fraction of sp³-hybridized carbons (Fsp3) is 0.385. The van der Waals surface area contributed by atoms with Gasteiger partial charge < -0.3 is 5.32 Å². The van der Waals surface area contributed by atoms with Crippen LogP contribution in [0.5, 0.6) is 0 Å². The number of hydrogen-bond acceptors (Lipinski definition) is 3. The van der Waals surface area contributed by atoms with E-state index in [0.29, 0.717) is 5.69 Å². The van der Waals surface area contributed by atoms with Gasteiger partial charge >= 0.3 is 0 Å². The zero-order chi connectivity index (χ0) is 14.0. The SMILES string of the molecule is CCNC(C)c1nnn(-c2cc(F)cc(F)c2)c1C. The molecule has 0 bridgehead atoms. The fourth-order valence-corrected chi connectivity index (χ4v) is 2.05. The van der Waals surface area contributed by atoms with E-state index in [4.69, 9.17) is 0 Å². The highest BCUT2D eigenvalue weighted by Gasteiger charge is 2.16. The normalized spacial score (nSPS) is 12.7. The van der Waals surface area contributed by atoms with Gasteiger partial charge in [-0.25, -0.2) is 13.5 Å². The monoisotopic (exact) mass is 266 g/mol. The van der Waals surface area contributed by atoms with Gasteiger partial charge in [0.15, 0.2) is 0 Å². The van der Waals surface area contributed by atoms with Crippen molar-refractivity contribution >= 4 is 0 Å². The molecule has 102 valence electrons. The maximum Gasteiger partial charge on any atom is 0.128 e. The van der Waals surface area contributed by atoms with E-state index in [2.05, 4.69) is 15.6 Å². The van der Waals surface area contributed by atoms with Crippen LogP contribution in [0.25, 0.3) is 5.69 Å². The Hall–Kier alpha value is -1.82. The molecular formula is C13H16F2N4. The summed E-state index contributed by atoms with van der Waals surface area (Å²) in [4.78, 5) is 0. The van der Waals surface area contributed by atoms with Crippen molar-refractivity contribution in [2.45, 2.75) is 26.8 Å². The molecule has 1 unspecified atom stereocenters. The molecule has 0 aliphatic rings. The summed E-state index contributed by atoms with van der Waals surface area (Å²) in [7, 11) is 0. The molecule has 0 spiro atoms. The summed E-state index contributed by atoms with van der Waals surface area (Å²) < 4.78 is 27.9. The van der Waals surface area contributed by atoms with E-state index in [1.807, 2.05) is 20.8 Å². The number of halogens is 2. The summed E-state index contributed by atoms with van der Waals surface area (Å²) in [5, 5.41) is 11.3. The minimum absolute atomic E-state index is 0.0390. The van der Waals surface area contributed by atoms with E-state index in [0.717, 1.165) is 24.0 Å². The van der Waals surface area contributed by atoms with Gasteiger partial charge in [-0.1, -0.05) is 12.1 Å². The first-order valence-corrected chi connectivity index (χ1v) is 6.15. The molecule has 0 radical (unpaired) electrons. The second-order valence-electron chi connectivity index (χ2n) is 4.38. The van der Waals surface area contributed by atoms with Crippen LogP contribution in [0.1, 0.15) is 31.3 Å². The van der Waals surface area contributed by atoms with E-state index in [-0.39, 0.29) is 6.04 Å².